The number of pyridine rings is 2. The molecule has 0 N–H and O–H groups in total. The quantitative estimate of drug-likeness (QED) is 0.358. The maximum absolute atomic E-state index is 4.19. The molecule has 0 spiro atoms. The van der Waals surface area contributed by atoms with Gasteiger partial charge in [0.2, 0.25) is 0 Å². The summed E-state index contributed by atoms with van der Waals surface area (Å²) in [6.45, 7) is 0. The Hall–Kier alpha value is -2.61. The second-order valence-corrected chi connectivity index (χ2v) is 4.99. The van der Waals surface area contributed by atoms with Gasteiger partial charge in [0, 0.05) is 20.1 Å². The Morgan fingerprint density at radius 1 is 0.520 bits per heavy atom. The van der Waals surface area contributed by atoms with Crippen molar-refractivity contribution in [2.45, 2.75) is 0 Å². The van der Waals surface area contributed by atoms with Gasteiger partial charge in [-0.15, -0.1) is 36.4 Å². The third-order valence-electron chi connectivity index (χ3n) is 3.31. The second kappa shape index (κ2) is 10.3. The van der Waals surface area contributed by atoms with Crippen molar-refractivity contribution in [1.82, 2.24) is 9.97 Å². The summed E-state index contributed by atoms with van der Waals surface area (Å²) in [5.41, 5.74) is 4.02. The van der Waals surface area contributed by atoms with Crippen molar-refractivity contribution >= 4 is 0 Å². The average Bonchev–Trinajstić information content (AvgIpc) is 2.71. The predicted octanol–water partition coefficient (Wildman–Crippen LogP) is 5.10. The topological polar surface area (TPSA) is 25.8 Å². The van der Waals surface area contributed by atoms with Crippen LogP contribution in [-0.2, 0) is 20.1 Å². The van der Waals surface area contributed by atoms with Crippen molar-refractivity contribution < 1.29 is 20.1 Å². The normalized spacial score (nSPS) is 9.28. The van der Waals surface area contributed by atoms with Crippen LogP contribution < -0.4 is 0 Å². The fraction of sp³-hybridized carbons (Fsp3) is 0. The monoisotopic (exact) mass is 501 g/mol. The molecule has 25 heavy (non-hydrogen) atoms. The van der Waals surface area contributed by atoms with Gasteiger partial charge in [-0.2, -0.15) is 24.3 Å². The van der Waals surface area contributed by atoms with Crippen LogP contribution in [0.15, 0.2) is 97.3 Å². The van der Waals surface area contributed by atoms with Crippen LogP contribution in [0, 0.1) is 12.1 Å². The van der Waals surface area contributed by atoms with Gasteiger partial charge in [0.1, 0.15) is 0 Å². The molecule has 0 aliphatic carbocycles. The van der Waals surface area contributed by atoms with E-state index in [-0.39, 0.29) is 20.1 Å². The first-order chi connectivity index (χ1) is 11.9. The molecule has 4 rings (SSSR count). The second-order valence-electron chi connectivity index (χ2n) is 4.99. The number of rotatable bonds is 2. The van der Waals surface area contributed by atoms with Gasteiger partial charge in [0.05, 0.1) is 0 Å². The molecule has 0 fully saturated rings. The molecule has 1 radical (unpaired) electrons. The van der Waals surface area contributed by atoms with Crippen LogP contribution in [0.1, 0.15) is 0 Å². The van der Waals surface area contributed by atoms with E-state index in [0.717, 1.165) is 22.5 Å². The molecular formula is C22H16IrN2-2. The fourth-order valence-corrected chi connectivity index (χ4v) is 2.16. The van der Waals surface area contributed by atoms with E-state index in [0.29, 0.717) is 0 Å². The zero-order chi connectivity index (χ0) is 16.5. The molecule has 0 amide bonds. The Morgan fingerprint density at radius 2 is 0.920 bits per heavy atom. The molecule has 0 aliphatic rings. The summed E-state index contributed by atoms with van der Waals surface area (Å²) in [6.07, 6.45) is 3.55. The molecule has 4 aromatic rings. The summed E-state index contributed by atoms with van der Waals surface area (Å²) in [7, 11) is 0. The van der Waals surface area contributed by atoms with E-state index in [2.05, 4.69) is 22.1 Å². The largest absolute Gasteiger partial charge is 0.296 e. The van der Waals surface area contributed by atoms with Gasteiger partial charge >= 0.3 is 0 Å². The summed E-state index contributed by atoms with van der Waals surface area (Å²) in [4.78, 5) is 8.39. The van der Waals surface area contributed by atoms with E-state index < -0.39 is 0 Å². The van der Waals surface area contributed by atoms with Crippen molar-refractivity contribution in [2.75, 3.05) is 0 Å². The molecule has 2 aromatic carbocycles. The first-order valence-corrected chi connectivity index (χ1v) is 7.70. The summed E-state index contributed by atoms with van der Waals surface area (Å²) in [5.74, 6) is 0. The van der Waals surface area contributed by atoms with E-state index in [1.807, 2.05) is 84.9 Å². The Balaban J connectivity index is 0.000000173. The van der Waals surface area contributed by atoms with E-state index in [1.165, 1.54) is 0 Å². The van der Waals surface area contributed by atoms with Crippen LogP contribution >= 0.6 is 0 Å². The minimum absolute atomic E-state index is 0. The summed E-state index contributed by atoms with van der Waals surface area (Å²) in [6, 6.07) is 33.7. The molecule has 2 heterocycles. The average molecular weight is 501 g/mol. The summed E-state index contributed by atoms with van der Waals surface area (Å²) < 4.78 is 0. The van der Waals surface area contributed by atoms with Crippen molar-refractivity contribution in [1.29, 1.82) is 0 Å². The molecule has 0 saturated heterocycles. The molecule has 2 nitrogen and oxygen atoms in total. The van der Waals surface area contributed by atoms with E-state index in [1.54, 1.807) is 12.4 Å². The van der Waals surface area contributed by atoms with Crippen molar-refractivity contribution in [3.63, 3.8) is 0 Å². The number of nitrogens with zero attached hydrogens (tertiary/aromatic N) is 2. The van der Waals surface area contributed by atoms with Gasteiger partial charge in [-0.3, -0.25) is 9.97 Å². The van der Waals surface area contributed by atoms with Gasteiger partial charge < -0.3 is 0 Å². The maximum Gasteiger partial charge on any atom is 0 e. The molecule has 0 bridgehead atoms. The van der Waals surface area contributed by atoms with E-state index in [4.69, 9.17) is 0 Å². The minimum Gasteiger partial charge on any atom is -0.296 e. The SMILES string of the molecule is [Ir].[c-]1cccnc1-c1ccccc1.[c-]1cccnc1-c1ccccc1. The third-order valence-corrected chi connectivity index (χ3v) is 3.31. The molecule has 2 aromatic heterocycles. The molecule has 0 aliphatic heterocycles. The molecular weight excluding hydrogens is 484 g/mol. The zero-order valence-electron chi connectivity index (χ0n) is 13.5. The number of aromatic nitrogens is 2. The van der Waals surface area contributed by atoms with Gasteiger partial charge in [-0.1, -0.05) is 47.5 Å². The zero-order valence-corrected chi connectivity index (χ0v) is 15.9. The first-order valence-electron chi connectivity index (χ1n) is 7.70. The molecule has 0 saturated carbocycles. The van der Waals surface area contributed by atoms with Crippen LogP contribution in [0.5, 0.6) is 0 Å². The fourth-order valence-electron chi connectivity index (χ4n) is 2.16. The molecule has 0 atom stereocenters. The van der Waals surface area contributed by atoms with E-state index >= 15 is 0 Å². The Labute approximate surface area is 162 Å². The molecule has 125 valence electrons. The van der Waals surface area contributed by atoms with Gasteiger partial charge in [-0.25, -0.2) is 0 Å². The Morgan fingerprint density at radius 3 is 1.24 bits per heavy atom. The number of benzene rings is 2. The van der Waals surface area contributed by atoms with Crippen LogP contribution in [-0.4, -0.2) is 9.97 Å². The Bertz CT molecular complexity index is 686. The van der Waals surface area contributed by atoms with Crippen LogP contribution in [0.2, 0.25) is 0 Å². The van der Waals surface area contributed by atoms with Gasteiger partial charge in [0.15, 0.2) is 0 Å². The van der Waals surface area contributed by atoms with Crippen molar-refractivity contribution in [3.8, 4) is 22.5 Å². The maximum atomic E-state index is 4.19. The predicted molar refractivity (Wildman–Crippen MR) is 97.0 cm³/mol. The van der Waals surface area contributed by atoms with Crippen LogP contribution in [0.3, 0.4) is 0 Å². The molecule has 3 heteroatoms. The van der Waals surface area contributed by atoms with Crippen LogP contribution in [0.25, 0.3) is 22.5 Å². The smallest absolute Gasteiger partial charge is 0 e. The van der Waals surface area contributed by atoms with Gasteiger partial charge in [0.25, 0.3) is 0 Å². The first kappa shape index (κ1) is 18.7. The third kappa shape index (κ3) is 5.75. The van der Waals surface area contributed by atoms with Gasteiger partial charge in [-0.05, 0) is 23.8 Å². The number of hydrogen-bond donors (Lipinski definition) is 0. The van der Waals surface area contributed by atoms with Crippen LogP contribution in [0.4, 0.5) is 0 Å². The van der Waals surface area contributed by atoms with E-state index in [9.17, 15) is 0 Å². The summed E-state index contributed by atoms with van der Waals surface area (Å²) in [5, 5.41) is 0. The standard InChI is InChI=1S/2C11H8N.Ir/c2*1-2-6-10(7-3-1)11-8-4-5-9-12-11;/h2*1-7,9H;/q2*-1;. The summed E-state index contributed by atoms with van der Waals surface area (Å²) >= 11 is 0. The minimum atomic E-state index is 0. The van der Waals surface area contributed by atoms with Crippen molar-refractivity contribution in [3.05, 3.63) is 109 Å². The molecule has 0 unspecified atom stereocenters. The van der Waals surface area contributed by atoms with Crippen molar-refractivity contribution in [2.24, 2.45) is 0 Å². The number of hydrogen-bond acceptors (Lipinski definition) is 2. The Kier molecular flexibility index (Phi) is 7.71.